The lowest BCUT2D eigenvalue weighted by Crippen LogP contribution is -2.28. The molecule has 0 N–H and O–H groups in total. The highest BCUT2D eigenvalue weighted by molar-refractivity contribution is 6.09. The SMILES string of the molecule is C/C=c1\c(=C/C)n(-c2cc(-c3nnc(-c4ccc(C(F)(F)F)cc4)o3)c(-c3nnc(-c4ccc(C(F)(F)F)cc4)o3)cc2-n2c3ccccc3c3ccccc32)c2ccccc12. The van der Waals surface area contributed by atoms with Crippen molar-refractivity contribution in [2.45, 2.75) is 26.2 Å². The lowest BCUT2D eigenvalue weighted by Gasteiger charge is -2.19. The van der Waals surface area contributed by atoms with Crippen LogP contribution in [0.3, 0.4) is 0 Å². The number of rotatable bonds is 6. The minimum absolute atomic E-state index is 0.0139. The lowest BCUT2D eigenvalue weighted by atomic mass is 10.0. The molecule has 0 amide bonds. The van der Waals surface area contributed by atoms with Gasteiger partial charge in [0.1, 0.15) is 0 Å². The summed E-state index contributed by atoms with van der Waals surface area (Å²) in [7, 11) is 0. The van der Waals surface area contributed by atoms with E-state index in [1.54, 1.807) is 0 Å². The van der Waals surface area contributed by atoms with Gasteiger partial charge in [-0.15, -0.1) is 20.4 Å². The molecular formula is C48H30F6N6O2. The Morgan fingerprint density at radius 2 is 0.839 bits per heavy atom. The lowest BCUT2D eigenvalue weighted by molar-refractivity contribution is -0.138. The van der Waals surface area contributed by atoms with Gasteiger partial charge in [0.15, 0.2) is 0 Å². The Kier molecular flexibility index (Phi) is 8.98. The van der Waals surface area contributed by atoms with Crippen LogP contribution in [0, 0.1) is 0 Å². The standard InChI is InChI=1S/C48H30F6N6O2/c1-3-31-32-11-5-8-14-38(32)59(37(31)4-2)41-25-35(45-57-55-43(61-45)27-17-21-29(22-18-27)47(49,50)51)36(46-58-56-44(62-46)28-19-23-30(24-20-28)48(52,53)54)26-42(41)60-39-15-9-6-12-33(39)34-13-7-10-16-40(34)60/h3-26H,1-2H3/b31-3-,37-4+. The third kappa shape index (κ3) is 6.33. The minimum atomic E-state index is -4.54. The smallest absolute Gasteiger partial charge is 0.416 e. The van der Waals surface area contributed by atoms with Crippen molar-refractivity contribution in [2.75, 3.05) is 0 Å². The highest BCUT2D eigenvalue weighted by Gasteiger charge is 2.32. The number of hydrogen-bond donors (Lipinski definition) is 0. The number of para-hydroxylation sites is 3. The second-order valence-corrected chi connectivity index (χ2v) is 14.5. The van der Waals surface area contributed by atoms with Crippen LogP contribution in [0.5, 0.6) is 0 Å². The van der Waals surface area contributed by atoms with E-state index in [0.717, 1.165) is 67.5 Å². The molecule has 62 heavy (non-hydrogen) atoms. The molecule has 0 unspecified atom stereocenters. The Hall–Kier alpha value is -7.74. The molecule has 0 saturated heterocycles. The summed E-state index contributed by atoms with van der Waals surface area (Å²) in [5.74, 6) is -0.110. The van der Waals surface area contributed by atoms with Crippen molar-refractivity contribution < 1.29 is 35.2 Å². The Morgan fingerprint density at radius 1 is 0.452 bits per heavy atom. The van der Waals surface area contributed by atoms with Crippen molar-refractivity contribution in [3.63, 3.8) is 0 Å². The van der Waals surface area contributed by atoms with Crippen molar-refractivity contribution in [2.24, 2.45) is 0 Å². The number of benzene rings is 6. The summed E-state index contributed by atoms with van der Waals surface area (Å²) < 4.78 is 97.6. The summed E-state index contributed by atoms with van der Waals surface area (Å²) in [5, 5.41) is 22.2. The maximum Gasteiger partial charge on any atom is 0.416 e. The molecule has 306 valence electrons. The first-order chi connectivity index (χ1) is 29.9. The predicted octanol–water partition coefficient (Wildman–Crippen LogP) is 11.8. The maximum absolute atomic E-state index is 13.5. The van der Waals surface area contributed by atoms with Crippen LogP contribution >= 0.6 is 0 Å². The van der Waals surface area contributed by atoms with Crippen molar-refractivity contribution in [1.82, 2.24) is 29.5 Å². The molecule has 0 fully saturated rings. The van der Waals surface area contributed by atoms with Crippen LogP contribution in [0.4, 0.5) is 26.3 Å². The van der Waals surface area contributed by atoms with Gasteiger partial charge in [0, 0.05) is 37.9 Å². The van der Waals surface area contributed by atoms with E-state index in [9.17, 15) is 26.3 Å². The molecule has 0 saturated carbocycles. The Bertz CT molecular complexity index is 3410. The van der Waals surface area contributed by atoms with Gasteiger partial charge in [-0.2, -0.15) is 26.3 Å². The van der Waals surface area contributed by atoms with Crippen LogP contribution in [0.2, 0.25) is 0 Å². The zero-order valence-corrected chi connectivity index (χ0v) is 32.6. The topological polar surface area (TPSA) is 87.7 Å². The van der Waals surface area contributed by atoms with Crippen molar-refractivity contribution in [1.29, 1.82) is 0 Å². The quantitative estimate of drug-likeness (QED) is 0.155. The Labute approximate surface area is 347 Å². The predicted molar refractivity (Wildman–Crippen MR) is 225 cm³/mol. The van der Waals surface area contributed by atoms with Gasteiger partial charge in [0.25, 0.3) is 0 Å². The average molecular weight is 837 g/mol. The molecule has 0 aliphatic rings. The fourth-order valence-electron chi connectivity index (χ4n) is 8.10. The monoisotopic (exact) mass is 836 g/mol. The number of fused-ring (bicyclic) bond motifs is 4. The first-order valence-corrected chi connectivity index (χ1v) is 19.3. The molecule has 0 bridgehead atoms. The van der Waals surface area contributed by atoms with E-state index in [1.165, 1.54) is 24.3 Å². The van der Waals surface area contributed by atoms with Gasteiger partial charge in [0.05, 0.1) is 50.2 Å². The van der Waals surface area contributed by atoms with E-state index in [2.05, 4.69) is 53.8 Å². The molecule has 0 spiro atoms. The van der Waals surface area contributed by atoms with Gasteiger partial charge in [0.2, 0.25) is 23.6 Å². The molecule has 10 rings (SSSR count). The average Bonchev–Trinajstić information content (AvgIpc) is 4.09. The molecule has 4 heterocycles. The number of nitrogens with zero attached hydrogens (tertiary/aromatic N) is 6. The molecule has 10 aromatic rings. The fraction of sp³-hybridized carbons (Fsp3) is 0.0833. The van der Waals surface area contributed by atoms with E-state index in [0.29, 0.717) is 22.5 Å². The van der Waals surface area contributed by atoms with E-state index in [1.807, 2.05) is 86.7 Å². The second-order valence-electron chi connectivity index (χ2n) is 14.5. The van der Waals surface area contributed by atoms with E-state index >= 15 is 0 Å². The number of alkyl halides is 6. The van der Waals surface area contributed by atoms with Gasteiger partial charge < -0.3 is 18.0 Å². The van der Waals surface area contributed by atoms with Crippen molar-refractivity contribution >= 4 is 44.9 Å². The normalized spacial score (nSPS) is 13.0. The van der Waals surface area contributed by atoms with Crippen LogP contribution in [0.1, 0.15) is 25.0 Å². The number of hydrogen-bond acceptors (Lipinski definition) is 6. The summed E-state index contributed by atoms with van der Waals surface area (Å²) in [5.41, 5.74) is 3.57. The van der Waals surface area contributed by atoms with Crippen molar-refractivity contribution in [3.8, 4) is 57.2 Å². The second kappa shape index (κ2) is 14.5. The minimum Gasteiger partial charge on any atom is -0.416 e. The molecule has 4 aromatic heterocycles. The highest BCUT2D eigenvalue weighted by Crippen LogP contribution is 2.42. The largest absolute Gasteiger partial charge is 0.416 e. The summed E-state index contributed by atoms with van der Waals surface area (Å²) in [6.07, 6.45) is -5.00. The molecule has 0 atom stereocenters. The molecule has 8 nitrogen and oxygen atoms in total. The third-order valence-corrected chi connectivity index (χ3v) is 10.9. The van der Waals surface area contributed by atoms with Crippen LogP contribution < -0.4 is 10.6 Å². The van der Waals surface area contributed by atoms with E-state index in [-0.39, 0.29) is 34.7 Å². The van der Waals surface area contributed by atoms with Crippen molar-refractivity contribution in [3.05, 3.63) is 155 Å². The highest BCUT2D eigenvalue weighted by atomic mass is 19.4. The summed E-state index contributed by atoms with van der Waals surface area (Å²) in [6, 6.07) is 36.6. The first kappa shape index (κ1) is 38.5. The van der Waals surface area contributed by atoms with Gasteiger partial charge in [-0.25, -0.2) is 0 Å². The Morgan fingerprint density at radius 3 is 1.26 bits per heavy atom. The summed E-state index contributed by atoms with van der Waals surface area (Å²) >= 11 is 0. The van der Waals surface area contributed by atoms with Crippen LogP contribution in [-0.2, 0) is 12.4 Å². The summed E-state index contributed by atoms with van der Waals surface area (Å²) in [4.78, 5) is 0. The first-order valence-electron chi connectivity index (χ1n) is 19.3. The van der Waals surface area contributed by atoms with Crippen LogP contribution in [0.15, 0.2) is 142 Å². The van der Waals surface area contributed by atoms with Crippen LogP contribution in [-0.4, -0.2) is 29.5 Å². The third-order valence-electron chi connectivity index (χ3n) is 10.9. The Balaban J connectivity index is 1.29. The number of aromatic nitrogens is 6. The molecule has 14 heteroatoms. The fourth-order valence-corrected chi connectivity index (χ4v) is 8.10. The number of halogens is 6. The van der Waals surface area contributed by atoms with Crippen LogP contribution in [0.25, 0.3) is 102 Å². The molecule has 0 aliphatic carbocycles. The van der Waals surface area contributed by atoms with Gasteiger partial charge >= 0.3 is 12.4 Å². The van der Waals surface area contributed by atoms with Gasteiger partial charge in [-0.1, -0.05) is 66.7 Å². The maximum atomic E-state index is 13.5. The zero-order chi connectivity index (χ0) is 42.9. The molecular weight excluding hydrogens is 807 g/mol. The molecule has 0 aliphatic heterocycles. The summed E-state index contributed by atoms with van der Waals surface area (Å²) in [6.45, 7) is 3.94. The van der Waals surface area contributed by atoms with Gasteiger partial charge in [-0.05, 0) is 92.7 Å². The molecule has 6 aromatic carbocycles. The molecule has 0 radical (unpaired) electrons. The van der Waals surface area contributed by atoms with E-state index < -0.39 is 23.5 Å². The zero-order valence-electron chi connectivity index (χ0n) is 32.6. The van der Waals surface area contributed by atoms with E-state index in [4.69, 9.17) is 8.83 Å². The van der Waals surface area contributed by atoms with Gasteiger partial charge in [-0.3, -0.25) is 0 Å².